The Morgan fingerprint density at radius 1 is 1.18 bits per heavy atom. The summed E-state index contributed by atoms with van der Waals surface area (Å²) in [6.07, 6.45) is -1.04. The molecule has 2 N–H and O–H groups in total. The summed E-state index contributed by atoms with van der Waals surface area (Å²) >= 11 is 1.49. The molecule has 0 radical (unpaired) electrons. The third-order valence-corrected chi connectivity index (χ3v) is 8.52. The van der Waals surface area contributed by atoms with Crippen molar-refractivity contribution >= 4 is 41.4 Å². The minimum Gasteiger partial charge on any atom is -0.394 e. The Hall–Kier alpha value is -3.22. The maximum atomic E-state index is 13.7. The fourth-order valence-corrected chi connectivity index (χ4v) is 6.07. The monoisotopic (exact) mass is 576 g/mol. The number of hydrogen-bond acceptors (Lipinski definition) is 6. The van der Waals surface area contributed by atoms with Gasteiger partial charge in [-0.05, 0) is 79.1 Å². The molecule has 3 heterocycles. The number of nitrogens with zero attached hydrogens (tertiary/aromatic N) is 3. The van der Waals surface area contributed by atoms with Crippen LogP contribution in [0.15, 0.2) is 46.8 Å². The molecule has 0 aromatic heterocycles. The summed E-state index contributed by atoms with van der Waals surface area (Å²) in [5.74, 6) is -1.71. The molecule has 7 nitrogen and oxygen atoms in total. The van der Waals surface area contributed by atoms with Crippen LogP contribution in [0.2, 0.25) is 0 Å². The molecule has 3 aliphatic rings. The number of rotatable bonds is 6. The number of aliphatic hydroxyl groups excluding tert-OH is 1. The van der Waals surface area contributed by atoms with Crippen LogP contribution in [0.4, 0.5) is 23.2 Å². The molecule has 2 aromatic rings. The Morgan fingerprint density at radius 2 is 1.93 bits per heavy atom. The van der Waals surface area contributed by atoms with Gasteiger partial charge in [-0.3, -0.25) is 14.6 Å². The normalized spacial score (nSPS) is 21.5. The van der Waals surface area contributed by atoms with Gasteiger partial charge in [0, 0.05) is 30.8 Å². The van der Waals surface area contributed by atoms with E-state index in [0.29, 0.717) is 44.8 Å². The van der Waals surface area contributed by atoms with Gasteiger partial charge in [-0.25, -0.2) is 8.70 Å². The molecule has 12 heteroatoms. The topological polar surface area (TPSA) is 85.2 Å². The maximum Gasteiger partial charge on any atom is 0.419 e. The number of hydrogen-bond donors (Lipinski definition) is 2. The van der Waals surface area contributed by atoms with Gasteiger partial charge >= 0.3 is 6.18 Å². The molecular formula is C28H28F4N4O3S. The van der Waals surface area contributed by atoms with Crippen molar-refractivity contribution in [2.75, 3.05) is 24.6 Å². The number of anilines is 1. The van der Waals surface area contributed by atoms with Gasteiger partial charge in [0.05, 0.1) is 18.2 Å². The quantitative estimate of drug-likeness (QED) is 0.386. The van der Waals surface area contributed by atoms with Crippen molar-refractivity contribution in [1.82, 2.24) is 9.62 Å². The summed E-state index contributed by atoms with van der Waals surface area (Å²) < 4.78 is 55.2. The number of alkyl halides is 3. The van der Waals surface area contributed by atoms with Crippen LogP contribution >= 0.6 is 11.9 Å². The molecule has 2 aromatic carbocycles. The first kappa shape index (κ1) is 28.3. The number of aliphatic imine (C=N–C) groups is 1. The number of amides is 2. The van der Waals surface area contributed by atoms with Crippen molar-refractivity contribution in [1.29, 1.82) is 0 Å². The SMILES string of the molecule is Cc1cc(N2C(=O)CC[C@@H]2CO)ccc1/C=C/SN1CCC2(CC1)N=C(c1ccc(F)c(C(F)(F)F)c1)NC2=O. The van der Waals surface area contributed by atoms with Crippen molar-refractivity contribution in [2.24, 2.45) is 4.99 Å². The number of benzene rings is 2. The predicted octanol–water partition coefficient (Wildman–Crippen LogP) is 4.67. The molecule has 0 aliphatic carbocycles. The fourth-order valence-electron chi connectivity index (χ4n) is 5.30. The van der Waals surface area contributed by atoms with E-state index < -0.39 is 23.1 Å². The third kappa shape index (κ3) is 5.52. The van der Waals surface area contributed by atoms with E-state index in [2.05, 4.69) is 14.6 Å². The molecule has 212 valence electrons. The number of aliphatic hydroxyl groups is 1. The first-order chi connectivity index (χ1) is 19.0. The summed E-state index contributed by atoms with van der Waals surface area (Å²) in [6.45, 7) is 2.96. The highest BCUT2D eigenvalue weighted by Gasteiger charge is 2.46. The second kappa shape index (κ2) is 11.0. The third-order valence-electron chi connectivity index (χ3n) is 7.60. The number of carbonyl (C=O) groups is 2. The molecule has 2 fully saturated rings. The lowest BCUT2D eigenvalue weighted by Gasteiger charge is -2.34. The van der Waals surface area contributed by atoms with Crippen LogP contribution in [0.25, 0.3) is 6.08 Å². The van der Waals surface area contributed by atoms with E-state index in [1.54, 1.807) is 4.90 Å². The van der Waals surface area contributed by atoms with E-state index >= 15 is 0 Å². The minimum absolute atomic E-state index is 0.0105. The van der Waals surface area contributed by atoms with Gasteiger partial charge in [-0.15, -0.1) is 0 Å². The standard InChI is InChI=1S/C28H28F4N4O3S/c1-17-14-20(36-21(16-37)5-7-24(36)38)4-2-18(17)8-13-40-35-11-9-27(10-12-35)26(39)33-25(34-27)19-3-6-23(29)22(15-19)28(30,31)32/h2-4,6,8,13-15,21,37H,5,7,9-12,16H2,1H3,(H,33,34,39)/b13-8+/t21-/m1/s1. The second-order valence-corrected chi connectivity index (χ2v) is 11.2. The van der Waals surface area contributed by atoms with Crippen molar-refractivity contribution in [3.05, 3.63) is 69.9 Å². The lowest BCUT2D eigenvalue weighted by molar-refractivity contribution is -0.140. The van der Waals surface area contributed by atoms with Crippen LogP contribution in [-0.4, -0.2) is 58.3 Å². The fraction of sp³-hybridized carbons (Fsp3) is 0.393. The Bertz CT molecular complexity index is 1390. The van der Waals surface area contributed by atoms with Crippen LogP contribution < -0.4 is 10.2 Å². The Balaban J connectivity index is 1.21. The highest BCUT2D eigenvalue weighted by Crippen LogP contribution is 2.36. The zero-order valence-electron chi connectivity index (χ0n) is 21.7. The average Bonchev–Trinajstić information content (AvgIpc) is 3.45. The number of piperidine rings is 1. The van der Waals surface area contributed by atoms with Gasteiger partial charge in [0.1, 0.15) is 17.2 Å². The van der Waals surface area contributed by atoms with Crippen LogP contribution in [0.1, 0.15) is 47.9 Å². The second-order valence-electron chi connectivity index (χ2n) is 10.2. The first-order valence-corrected chi connectivity index (χ1v) is 13.7. The van der Waals surface area contributed by atoms with E-state index in [1.165, 1.54) is 18.0 Å². The number of aryl methyl sites for hydroxylation is 1. The smallest absolute Gasteiger partial charge is 0.394 e. The summed E-state index contributed by atoms with van der Waals surface area (Å²) in [6, 6.07) is 8.14. The Labute approximate surface area is 233 Å². The highest BCUT2D eigenvalue weighted by atomic mass is 32.2. The molecule has 3 aliphatic heterocycles. The molecule has 5 rings (SSSR count). The first-order valence-electron chi connectivity index (χ1n) is 12.9. The summed E-state index contributed by atoms with van der Waals surface area (Å²) in [5, 5.41) is 14.1. The molecule has 40 heavy (non-hydrogen) atoms. The highest BCUT2D eigenvalue weighted by molar-refractivity contribution is 8.00. The molecule has 2 amide bonds. The number of amidine groups is 1. The van der Waals surface area contributed by atoms with Crippen molar-refractivity contribution in [2.45, 2.75) is 50.4 Å². The van der Waals surface area contributed by atoms with Gasteiger partial charge in [-0.1, -0.05) is 18.0 Å². The zero-order chi connectivity index (χ0) is 28.7. The summed E-state index contributed by atoms with van der Waals surface area (Å²) in [4.78, 5) is 31.2. The lowest BCUT2D eigenvalue weighted by Crippen LogP contribution is -2.47. The minimum atomic E-state index is -4.85. The van der Waals surface area contributed by atoms with Crippen molar-refractivity contribution in [3.63, 3.8) is 0 Å². The van der Waals surface area contributed by atoms with Gasteiger partial charge in [0.15, 0.2) is 0 Å². The number of halogens is 4. The lowest BCUT2D eigenvalue weighted by atomic mass is 9.89. The van der Waals surface area contributed by atoms with Crippen molar-refractivity contribution in [3.8, 4) is 0 Å². The van der Waals surface area contributed by atoms with E-state index in [9.17, 15) is 32.3 Å². The van der Waals surface area contributed by atoms with E-state index in [1.807, 2.05) is 36.6 Å². The molecule has 1 atom stereocenters. The Morgan fingerprint density at radius 3 is 2.60 bits per heavy atom. The van der Waals surface area contributed by atoms with E-state index in [4.69, 9.17) is 0 Å². The van der Waals surface area contributed by atoms with E-state index in [0.717, 1.165) is 22.9 Å². The maximum absolute atomic E-state index is 13.7. The van der Waals surface area contributed by atoms with Gasteiger partial charge in [0.2, 0.25) is 5.91 Å². The predicted molar refractivity (Wildman–Crippen MR) is 145 cm³/mol. The number of carbonyl (C=O) groups excluding carboxylic acids is 2. The zero-order valence-corrected chi connectivity index (χ0v) is 22.5. The van der Waals surface area contributed by atoms with E-state index in [-0.39, 0.29) is 35.9 Å². The van der Waals surface area contributed by atoms with Crippen LogP contribution in [-0.2, 0) is 15.8 Å². The average molecular weight is 577 g/mol. The summed E-state index contributed by atoms with van der Waals surface area (Å²) in [7, 11) is 0. The molecule has 0 bridgehead atoms. The molecule has 2 saturated heterocycles. The van der Waals surface area contributed by atoms with Crippen molar-refractivity contribution < 1.29 is 32.3 Å². The van der Waals surface area contributed by atoms with Crippen LogP contribution in [0, 0.1) is 12.7 Å². The largest absolute Gasteiger partial charge is 0.419 e. The molecule has 1 spiro atoms. The van der Waals surface area contributed by atoms with Crippen LogP contribution in [0.5, 0.6) is 0 Å². The van der Waals surface area contributed by atoms with Gasteiger partial charge < -0.3 is 15.3 Å². The molecule has 0 saturated carbocycles. The Kier molecular flexibility index (Phi) is 7.77. The van der Waals surface area contributed by atoms with Gasteiger partial charge in [0.25, 0.3) is 5.91 Å². The molecule has 0 unspecified atom stereocenters. The molecular weight excluding hydrogens is 548 g/mol. The van der Waals surface area contributed by atoms with Gasteiger partial charge in [-0.2, -0.15) is 13.2 Å². The van der Waals surface area contributed by atoms with Crippen LogP contribution in [0.3, 0.4) is 0 Å². The summed E-state index contributed by atoms with van der Waals surface area (Å²) in [5.41, 5.74) is 0.302. The number of nitrogens with one attached hydrogen (secondary N) is 1.